The van der Waals surface area contributed by atoms with Gasteiger partial charge in [-0.3, -0.25) is 14.4 Å². The van der Waals surface area contributed by atoms with Crippen LogP contribution in [0.2, 0.25) is 0 Å². The number of nitrogens with one attached hydrogen (secondary N) is 2. The normalized spacial score (nSPS) is 14.5. The molecule has 164 valence electrons. The highest BCUT2D eigenvalue weighted by atomic mass is 16.5. The molecule has 0 bridgehead atoms. The van der Waals surface area contributed by atoms with E-state index in [1.165, 1.54) is 6.08 Å². The molecule has 7 nitrogen and oxygen atoms in total. The summed E-state index contributed by atoms with van der Waals surface area (Å²) in [4.78, 5) is 37.5. The fourth-order valence-electron chi connectivity index (χ4n) is 2.72. The Bertz CT molecular complexity index is 720. The molecule has 1 rings (SSSR count). The molecule has 7 heteroatoms. The van der Waals surface area contributed by atoms with Crippen molar-refractivity contribution >= 4 is 17.8 Å². The maximum absolute atomic E-state index is 12.9. The minimum Gasteiger partial charge on any atom is -0.463 e. The first-order valence-corrected chi connectivity index (χ1v) is 9.98. The molecule has 0 spiro atoms. The monoisotopic (exact) mass is 416 g/mol. The van der Waals surface area contributed by atoms with E-state index in [9.17, 15) is 14.4 Å². The lowest BCUT2D eigenvalue weighted by Gasteiger charge is -2.23. The minimum atomic E-state index is -1.02. The van der Waals surface area contributed by atoms with E-state index in [1.807, 2.05) is 30.3 Å². The smallest absolute Gasteiger partial charge is 0.309 e. The molecule has 1 aromatic rings. The van der Waals surface area contributed by atoms with Crippen molar-refractivity contribution in [2.24, 2.45) is 11.8 Å². The van der Waals surface area contributed by atoms with E-state index in [2.05, 4.69) is 23.8 Å². The second-order valence-electron chi connectivity index (χ2n) is 7.20. The zero-order valence-corrected chi connectivity index (χ0v) is 17.7. The molecule has 0 saturated carbocycles. The Kier molecular flexibility index (Phi) is 11.1. The van der Waals surface area contributed by atoms with Gasteiger partial charge in [0.1, 0.15) is 12.5 Å². The summed E-state index contributed by atoms with van der Waals surface area (Å²) >= 11 is 0. The summed E-state index contributed by atoms with van der Waals surface area (Å²) in [5.41, 5.74) is 0.747. The van der Waals surface area contributed by atoms with Crippen molar-refractivity contribution in [3.63, 3.8) is 0 Å². The summed E-state index contributed by atoms with van der Waals surface area (Å²) in [7, 11) is 0. The molecule has 30 heavy (non-hydrogen) atoms. The van der Waals surface area contributed by atoms with Crippen molar-refractivity contribution in [2.45, 2.75) is 38.8 Å². The molecule has 0 fully saturated rings. The van der Waals surface area contributed by atoms with Gasteiger partial charge >= 0.3 is 5.97 Å². The Labute approximate surface area is 178 Å². The van der Waals surface area contributed by atoms with Crippen LogP contribution in [0.4, 0.5) is 0 Å². The maximum atomic E-state index is 12.9. The second-order valence-corrected chi connectivity index (χ2v) is 7.20. The Hall–Kier alpha value is -2.93. The van der Waals surface area contributed by atoms with Gasteiger partial charge in [0, 0.05) is 6.04 Å². The van der Waals surface area contributed by atoms with Crippen LogP contribution in [-0.2, 0) is 19.1 Å². The number of carbonyl (C=O) groups excluding carboxylic acids is 3. The minimum absolute atomic E-state index is 0.0639. The number of amides is 2. The number of hydrogen-bond acceptors (Lipinski definition) is 5. The molecule has 4 atom stereocenters. The maximum Gasteiger partial charge on any atom is 0.309 e. The van der Waals surface area contributed by atoms with Gasteiger partial charge in [-0.2, -0.15) is 0 Å². The first kappa shape index (κ1) is 25.1. The quantitative estimate of drug-likeness (QED) is 0.260. The van der Waals surface area contributed by atoms with E-state index in [4.69, 9.17) is 9.84 Å². The number of hydrogen-bond donors (Lipinski definition) is 3. The molecule has 1 aromatic carbocycles. The summed E-state index contributed by atoms with van der Waals surface area (Å²) < 4.78 is 5.40. The SMILES string of the molecule is C=CCC(C(=O)N[C@@H](C)CO)C(=O)N[C@H](COC(=O)[C@@H](C)CC=C)c1ccccc1. The van der Waals surface area contributed by atoms with Gasteiger partial charge in [0.2, 0.25) is 11.8 Å². The molecular weight excluding hydrogens is 384 g/mol. The number of rotatable bonds is 13. The molecule has 3 N–H and O–H groups in total. The van der Waals surface area contributed by atoms with E-state index in [0.717, 1.165) is 5.56 Å². The highest BCUT2D eigenvalue weighted by molar-refractivity contribution is 6.00. The molecule has 0 aliphatic carbocycles. The Morgan fingerprint density at radius 2 is 1.63 bits per heavy atom. The number of aliphatic hydroxyl groups excluding tert-OH is 1. The number of allylic oxidation sites excluding steroid dienone is 2. The van der Waals surface area contributed by atoms with Gasteiger partial charge in [-0.15, -0.1) is 13.2 Å². The van der Waals surface area contributed by atoms with Crippen LogP contribution < -0.4 is 10.6 Å². The van der Waals surface area contributed by atoms with Crippen LogP contribution in [0.5, 0.6) is 0 Å². The highest BCUT2D eigenvalue weighted by Crippen LogP contribution is 2.17. The standard InChI is InChI=1S/C23H32N2O5/c1-5-10-16(3)23(29)30-15-20(18-12-8-7-9-13-18)25-22(28)19(11-6-2)21(27)24-17(4)14-26/h5-9,12-13,16-17,19-20,26H,1-2,10-11,14-15H2,3-4H3,(H,24,27)(H,25,28)/t16-,17-,19?,20+/m0/s1. The van der Waals surface area contributed by atoms with Gasteiger partial charge in [0.15, 0.2) is 0 Å². The predicted molar refractivity (Wildman–Crippen MR) is 115 cm³/mol. The molecule has 0 radical (unpaired) electrons. The molecule has 0 aliphatic heterocycles. The van der Waals surface area contributed by atoms with Crippen molar-refractivity contribution in [2.75, 3.05) is 13.2 Å². The lowest BCUT2D eigenvalue weighted by Crippen LogP contribution is -2.46. The Morgan fingerprint density at radius 1 is 1.03 bits per heavy atom. The topological polar surface area (TPSA) is 105 Å². The van der Waals surface area contributed by atoms with Gasteiger partial charge in [0.25, 0.3) is 0 Å². The van der Waals surface area contributed by atoms with Crippen molar-refractivity contribution in [3.05, 3.63) is 61.2 Å². The van der Waals surface area contributed by atoms with Gasteiger partial charge in [-0.05, 0) is 25.3 Å². The summed E-state index contributed by atoms with van der Waals surface area (Å²) in [6, 6.07) is 7.99. The summed E-state index contributed by atoms with van der Waals surface area (Å²) in [5.74, 6) is -2.76. The van der Waals surface area contributed by atoms with E-state index in [-0.39, 0.29) is 31.5 Å². The van der Waals surface area contributed by atoms with Crippen molar-refractivity contribution in [1.82, 2.24) is 10.6 Å². The van der Waals surface area contributed by atoms with Crippen molar-refractivity contribution in [1.29, 1.82) is 0 Å². The Morgan fingerprint density at radius 3 is 2.20 bits per heavy atom. The van der Waals surface area contributed by atoms with E-state index < -0.39 is 29.8 Å². The number of esters is 1. The highest BCUT2D eigenvalue weighted by Gasteiger charge is 2.29. The Balaban J connectivity index is 2.94. The van der Waals surface area contributed by atoms with Gasteiger partial charge in [0.05, 0.1) is 18.6 Å². The van der Waals surface area contributed by atoms with Gasteiger partial charge in [-0.25, -0.2) is 0 Å². The largest absolute Gasteiger partial charge is 0.463 e. The molecule has 2 amide bonds. The zero-order valence-electron chi connectivity index (χ0n) is 17.7. The molecule has 0 saturated heterocycles. The fourth-order valence-corrected chi connectivity index (χ4v) is 2.72. The van der Waals surface area contributed by atoms with Crippen LogP contribution in [0.15, 0.2) is 55.6 Å². The summed E-state index contributed by atoms with van der Waals surface area (Å²) in [6.07, 6.45) is 3.76. The summed E-state index contributed by atoms with van der Waals surface area (Å²) in [5, 5.41) is 14.5. The zero-order chi connectivity index (χ0) is 22.5. The lowest BCUT2D eigenvalue weighted by atomic mass is 10.0. The molecule has 0 aliphatic rings. The average molecular weight is 417 g/mol. The molecule has 1 unspecified atom stereocenters. The van der Waals surface area contributed by atoms with Crippen LogP contribution in [0.3, 0.4) is 0 Å². The van der Waals surface area contributed by atoms with Crippen LogP contribution in [-0.4, -0.2) is 42.1 Å². The lowest BCUT2D eigenvalue weighted by molar-refractivity contribution is -0.149. The summed E-state index contributed by atoms with van der Waals surface area (Å²) in [6.45, 7) is 10.3. The molecule has 0 aromatic heterocycles. The predicted octanol–water partition coefficient (Wildman–Crippen LogP) is 2.29. The first-order chi connectivity index (χ1) is 14.3. The van der Waals surface area contributed by atoms with Crippen molar-refractivity contribution in [3.8, 4) is 0 Å². The van der Waals surface area contributed by atoms with Crippen LogP contribution in [0.1, 0.15) is 38.3 Å². The number of carbonyl (C=O) groups is 3. The third-order valence-corrected chi connectivity index (χ3v) is 4.53. The molecule has 0 heterocycles. The van der Waals surface area contributed by atoms with Crippen LogP contribution in [0, 0.1) is 11.8 Å². The van der Waals surface area contributed by atoms with E-state index >= 15 is 0 Å². The number of ether oxygens (including phenoxy) is 1. The third-order valence-electron chi connectivity index (χ3n) is 4.53. The van der Waals surface area contributed by atoms with E-state index in [1.54, 1.807) is 19.9 Å². The number of benzene rings is 1. The fraction of sp³-hybridized carbons (Fsp3) is 0.435. The third kappa shape index (κ3) is 8.21. The van der Waals surface area contributed by atoms with Gasteiger partial charge < -0.3 is 20.5 Å². The first-order valence-electron chi connectivity index (χ1n) is 9.98. The second kappa shape index (κ2) is 13.3. The van der Waals surface area contributed by atoms with Crippen LogP contribution >= 0.6 is 0 Å². The number of aliphatic hydroxyl groups is 1. The van der Waals surface area contributed by atoms with Crippen molar-refractivity contribution < 1.29 is 24.2 Å². The average Bonchev–Trinajstić information content (AvgIpc) is 2.74. The molecular formula is C23H32N2O5. The van der Waals surface area contributed by atoms with E-state index in [0.29, 0.717) is 6.42 Å². The van der Waals surface area contributed by atoms with Gasteiger partial charge in [-0.1, -0.05) is 49.4 Å². The van der Waals surface area contributed by atoms with Crippen LogP contribution in [0.25, 0.3) is 0 Å².